The summed E-state index contributed by atoms with van der Waals surface area (Å²) in [4.78, 5) is 26.9. The van der Waals surface area contributed by atoms with Crippen LogP contribution < -0.4 is 10.2 Å². The molecule has 1 N–H and O–H groups in total. The smallest absolute Gasteiger partial charge is 0.337 e. The van der Waals surface area contributed by atoms with Crippen molar-refractivity contribution in [3.8, 4) is 0 Å². The number of benzene rings is 1. The largest absolute Gasteiger partial charge is 0.419 e. The number of carbonyl (C=O) groups excluding carboxylic acids is 1. The van der Waals surface area contributed by atoms with Crippen LogP contribution in [0, 0.1) is 11.2 Å². The van der Waals surface area contributed by atoms with Crippen molar-refractivity contribution in [3.05, 3.63) is 53.6 Å². The van der Waals surface area contributed by atoms with Gasteiger partial charge in [-0.1, -0.05) is 12.1 Å². The summed E-state index contributed by atoms with van der Waals surface area (Å²) in [5.41, 5.74) is 0.473. The van der Waals surface area contributed by atoms with E-state index in [9.17, 15) is 22.4 Å². The first-order valence-electron chi connectivity index (χ1n) is 12.2. The van der Waals surface area contributed by atoms with Gasteiger partial charge in [0.25, 0.3) is 0 Å². The maximum Gasteiger partial charge on any atom is 0.419 e. The van der Waals surface area contributed by atoms with Crippen molar-refractivity contribution in [1.82, 2.24) is 25.1 Å². The van der Waals surface area contributed by atoms with Crippen molar-refractivity contribution in [2.75, 3.05) is 31.1 Å². The van der Waals surface area contributed by atoms with Crippen LogP contribution >= 0.6 is 0 Å². The third-order valence-corrected chi connectivity index (χ3v) is 7.53. The first-order chi connectivity index (χ1) is 17.0. The number of hydrogen-bond acceptors (Lipinski definition) is 5. The van der Waals surface area contributed by atoms with Gasteiger partial charge in [0.05, 0.1) is 5.56 Å². The number of nitrogens with one attached hydrogen (secondary N) is 1. The van der Waals surface area contributed by atoms with Crippen LogP contribution in [0.3, 0.4) is 0 Å². The molecule has 2 aromatic rings. The van der Waals surface area contributed by atoms with Gasteiger partial charge in [-0.25, -0.2) is 19.2 Å². The molecule has 0 radical (unpaired) electrons. The third-order valence-electron chi connectivity index (χ3n) is 7.53. The van der Waals surface area contributed by atoms with E-state index in [1.165, 1.54) is 12.1 Å². The predicted octanol–water partition coefficient (Wildman–Crippen LogP) is 3.91. The molecule has 0 unspecified atom stereocenters. The lowest BCUT2D eigenvalue weighted by atomic mass is 9.60. The molecule has 36 heavy (non-hydrogen) atoms. The zero-order valence-electron chi connectivity index (χ0n) is 20.3. The second kappa shape index (κ2) is 9.17. The Kier molecular flexibility index (Phi) is 6.30. The fourth-order valence-electron chi connectivity index (χ4n) is 5.97. The molecule has 194 valence electrons. The maximum absolute atomic E-state index is 13.1. The van der Waals surface area contributed by atoms with E-state index in [2.05, 4.69) is 20.2 Å². The lowest BCUT2D eigenvalue weighted by molar-refractivity contribution is -0.138. The Hall–Kier alpha value is -2.95. The average Bonchev–Trinajstić information content (AvgIpc) is 2.76. The number of urea groups is 1. The standard InChI is InChI=1S/C25H30F4N6O/c1-16-11-34(22-30-9-19(10-31-22)25(27,28)29)12-17(2)35(16)23(36)32-21-7-24(8-21)14-33(15-24)13-18-3-5-20(26)6-4-18/h3-6,9-10,16-17,21H,7-8,11-15H2,1-2H3,(H,32,36)/t16-,17-/m1/s1. The number of piperazine rings is 1. The van der Waals surface area contributed by atoms with Crippen molar-refractivity contribution < 1.29 is 22.4 Å². The second-order valence-electron chi connectivity index (χ2n) is 10.6. The van der Waals surface area contributed by atoms with Crippen LogP contribution in [0.25, 0.3) is 0 Å². The fourth-order valence-corrected chi connectivity index (χ4v) is 5.97. The van der Waals surface area contributed by atoms with E-state index in [0.29, 0.717) is 13.1 Å². The fraction of sp³-hybridized carbons (Fsp3) is 0.560. The Morgan fingerprint density at radius 3 is 2.19 bits per heavy atom. The van der Waals surface area contributed by atoms with Gasteiger partial charge in [-0.15, -0.1) is 0 Å². The van der Waals surface area contributed by atoms with Crippen molar-refractivity contribution >= 4 is 12.0 Å². The normalized spacial score (nSPS) is 24.4. The molecular formula is C25H30F4N6O. The van der Waals surface area contributed by atoms with Gasteiger partial charge in [0.15, 0.2) is 0 Å². The monoisotopic (exact) mass is 506 g/mol. The molecule has 2 amide bonds. The van der Waals surface area contributed by atoms with Gasteiger partial charge in [0, 0.05) is 63.2 Å². The quantitative estimate of drug-likeness (QED) is 0.638. The first kappa shape index (κ1) is 24.7. The molecule has 2 aliphatic heterocycles. The van der Waals surface area contributed by atoms with E-state index in [1.807, 2.05) is 35.8 Å². The Morgan fingerprint density at radius 2 is 1.64 bits per heavy atom. The molecule has 1 aromatic heterocycles. The summed E-state index contributed by atoms with van der Waals surface area (Å²) in [5.74, 6) is 0.00671. The maximum atomic E-state index is 13.1. The number of rotatable bonds is 4. The molecule has 0 bridgehead atoms. The van der Waals surface area contributed by atoms with Crippen LogP contribution in [0.15, 0.2) is 36.7 Å². The van der Waals surface area contributed by atoms with E-state index in [1.54, 1.807) is 0 Å². The van der Waals surface area contributed by atoms with Gasteiger partial charge in [-0.05, 0) is 49.8 Å². The summed E-state index contributed by atoms with van der Waals surface area (Å²) in [7, 11) is 0. The molecule has 1 spiro atoms. The van der Waals surface area contributed by atoms with Gasteiger partial charge >= 0.3 is 12.2 Å². The van der Waals surface area contributed by atoms with Gasteiger partial charge in [0.2, 0.25) is 5.95 Å². The Morgan fingerprint density at radius 1 is 1.06 bits per heavy atom. The van der Waals surface area contributed by atoms with Crippen LogP contribution in [0.1, 0.15) is 37.8 Å². The molecule has 11 heteroatoms. The number of aromatic nitrogens is 2. The zero-order valence-corrected chi connectivity index (χ0v) is 20.3. The first-order valence-corrected chi connectivity index (χ1v) is 12.2. The van der Waals surface area contributed by atoms with E-state index in [-0.39, 0.29) is 41.3 Å². The highest BCUT2D eigenvalue weighted by molar-refractivity contribution is 5.76. The minimum absolute atomic E-state index is 0.106. The molecule has 1 saturated carbocycles. The molecule has 3 fully saturated rings. The van der Waals surface area contributed by atoms with E-state index in [4.69, 9.17) is 0 Å². The summed E-state index contributed by atoms with van der Waals surface area (Å²) in [6, 6.07) is 6.33. The van der Waals surface area contributed by atoms with Gasteiger partial charge in [0.1, 0.15) is 5.82 Å². The third kappa shape index (κ3) is 4.98. The molecule has 3 heterocycles. The lowest BCUT2D eigenvalue weighted by Gasteiger charge is -2.59. The van der Waals surface area contributed by atoms with Crippen molar-refractivity contribution in [1.29, 1.82) is 0 Å². The Bertz CT molecular complexity index is 1070. The minimum Gasteiger partial charge on any atom is -0.337 e. The number of likely N-dealkylation sites (tertiary alicyclic amines) is 1. The molecule has 2 saturated heterocycles. The summed E-state index contributed by atoms with van der Waals surface area (Å²) in [6.07, 6.45) is -0.993. The lowest BCUT2D eigenvalue weighted by Crippen LogP contribution is -2.68. The molecule has 3 aliphatic rings. The average molecular weight is 507 g/mol. The van der Waals surface area contributed by atoms with Crippen LogP contribution in [0.5, 0.6) is 0 Å². The van der Waals surface area contributed by atoms with Gasteiger partial charge in [-0.3, -0.25) is 4.90 Å². The molecule has 5 rings (SSSR count). The summed E-state index contributed by atoms with van der Waals surface area (Å²) < 4.78 is 51.5. The molecule has 1 aromatic carbocycles. The minimum atomic E-state index is -4.48. The van der Waals surface area contributed by atoms with Gasteiger partial charge < -0.3 is 15.1 Å². The molecular weight excluding hydrogens is 476 g/mol. The molecule has 2 atom stereocenters. The summed E-state index contributed by atoms with van der Waals surface area (Å²) in [6.45, 7) is 7.50. The van der Waals surface area contributed by atoms with Crippen molar-refractivity contribution in [3.63, 3.8) is 0 Å². The van der Waals surface area contributed by atoms with Crippen LogP contribution in [0.4, 0.5) is 28.3 Å². The summed E-state index contributed by atoms with van der Waals surface area (Å²) in [5, 5.41) is 3.17. The number of carbonyl (C=O) groups is 1. The van der Waals surface area contributed by atoms with Crippen LogP contribution in [-0.2, 0) is 12.7 Å². The SMILES string of the molecule is C[C@@H]1CN(c2ncc(C(F)(F)F)cn2)C[C@@H](C)N1C(=O)NC1CC2(C1)CN(Cc1ccc(F)cc1)C2. The van der Waals surface area contributed by atoms with E-state index < -0.39 is 11.7 Å². The number of alkyl halides is 3. The van der Waals surface area contributed by atoms with Crippen LogP contribution in [0.2, 0.25) is 0 Å². The molecule has 1 aliphatic carbocycles. The summed E-state index contributed by atoms with van der Waals surface area (Å²) >= 11 is 0. The highest BCUT2D eigenvalue weighted by atomic mass is 19.4. The molecule has 7 nitrogen and oxygen atoms in total. The highest BCUT2D eigenvalue weighted by Gasteiger charge is 2.52. The number of hydrogen-bond donors (Lipinski definition) is 1. The zero-order chi connectivity index (χ0) is 25.7. The van der Waals surface area contributed by atoms with E-state index >= 15 is 0 Å². The number of amides is 2. The van der Waals surface area contributed by atoms with Crippen LogP contribution in [-0.4, -0.2) is 70.1 Å². The Labute approximate surface area is 207 Å². The Balaban J connectivity index is 1.09. The highest BCUT2D eigenvalue weighted by Crippen LogP contribution is 2.48. The van der Waals surface area contributed by atoms with Crippen molar-refractivity contribution in [2.24, 2.45) is 5.41 Å². The van der Waals surface area contributed by atoms with E-state index in [0.717, 1.165) is 50.4 Å². The second-order valence-corrected chi connectivity index (χ2v) is 10.6. The van der Waals surface area contributed by atoms with Crippen molar-refractivity contribution in [2.45, 2.75) is 57.5 Å². The number of nitrogens with zero attached hydrogens (tertiary/aromatic N) is 5. The van der Waals surface area contributed by atoms with Gasteiger partial charge in [-0.2, -0.15) is 13.2 Å². The predicted molar refractivity (Wildman–Crippen MR) is 126 cm³/mol. The topological polar surface area (TPSA) is 64.6 Å². The number of halogens is 4. The number of anilines is 1.